The van der Waals surface area contributed by atoms with Crippen molar-refractivity contribution in [3.63, 3.8) is 0 Å². The van der Waals surface area contributed by atoms with E-state index in [1.54, 1.807) is 63.3 Å². The summed E-state index contributed by atoms with van der Waals surface area (Å²) in [6.07, 6.45) is 3.56. The SMILES string of the molecule is CC(C)(C)N1C(=O)[C@H]2[C@H](C1=O)[C@H](C(=O)c1ccccc1Cl)N1c3ccc(F)cc3C=C[C@H]21. The van der Waals surface area contributed by atoms with Gasteiger partial charge in [0.25, 0.3) is 0 Å². The van der Waals surface area contributed by atoms with Crippen LogP contribution < -0.4 is 4.90 Å². The lowest BCUT2D eigenvalue weighted by atomic mass is 9.86. The molecule has 0 radical (unpaired) electrons. The third-order valence-electron chi connectivity index (χ3n) is 6.55. The van der Waals surface area contributed by atoms with Crippen molar-refractivity contribution in [1.29, 1.82) is 0 Å². The topological polar surface area (TPSA) is 57.7 Å². The van der Waals surface area contributed by atoms with Gasteiger partial charge in [0.15, 0.2) is 5.78 Å². The number of benzene rings is 2. The molecule has 3 heterocycles. The fourth-order valence-corrected chi connectivity index (χ4v) is 5.55. The molecule has 0 aromatic heterocycles. The predicted octanol–water partition coefficient (Wildman–Crippen LogP) is 4.35. The van der Waals surface area contributed by atoms with E-state index in [4.69, 9.17) is 11.6 Å². The Morgan fingerprint density at radius 2 is 1.72 bits per heavy atom. The first-order chi connectivity index (χ1) is 15.1. The highest BCUT2D eigenvalue weighted by Gasteiger charge is 2.65. The highest BCUT2D eigenvalue weighted by molar-refractivity contribution is 6.34. The Bertz CT molecular complexity index is 1200. The van der Waals surface area contributed by atoms with Crippen molar-refractivity contribution in [1.82, 2.24) is 4.90 Å². The zero-order valence-corrected chi connectivity index (χ0v) is 18.6. The molecular weight excluding hydrogens is 431 g/mol. The Balaban J connectivity index is 1.70. The number of halogens is 2. The van der Waals surface area contributed by atoms with Gasteiger partial charge >= 0.3 is 0 Å². The number of anilines is 1. The second-order valence-corrected chi connectivity index (χ2v) is 9.89. The first-order valence-corrected chi connectivity index (χ1v) is 10.9. The molecule has 164 valence electrons. The molecule has 3 aliphatic heterocycles. The van der Waals surface area contributed by atoms with Crippen molar-refractivity contribution in [2.24, 2.45) is 11.8 Å². The first-order valence-electron chi connectivity index (χ1n) is 10.5. The van der Waals surface area contributed by atoms with E-state index >= 15 is 0 Å². The molecule has 2 amide bonds. The molecule has 0 N–H and O–H groups in total. The smallest absolute Gasteiger partial charge is 0.236 e. The summed E-state index contributed by atoms with van der Waals surface area (Å²) in [7, 11) is 0. The van der Waals surface area contributed by atoms with Crippen LogP contribution in [0.25, 0.3) is 6.08 Å². The number of amides is 2. The van der Waals surface area contributed by atoms with Gasteiger partial charge in [-0.2, -0.15) is 0 Å². The fraction of sp³-hybridized carbons (Fsp3) is 0.320. The minimum absolute atomic E-state index is 0.285. The molecule has 7 heteroatoms. The summed E-state index contributed by atoms with van der Waals surface area (Å²) in [6.45, 7) is 5.42. The number of carbonyl (C=O) groups is 3. The standard InChI is InChI=1S/C25H22ClFN2O3/c1-25(2,3)29-23(31)19-18-10-8-13-12-14(27)9-11-17(13)28(18)21(20(19)24(29)32)22(30)15-6-4-5-7-16(15)26/h4-12,18-21H,1-3H3/t18-,19-,20+,21-/m1/s1. The minimum Gasteiger partial charge on any atom is -0.352 e. The highest BCUT2D eigenvalue weighted by Crippen LogP contribution is 2.50. The van der Waals surface area contributed by atoms with Gasteiger partial charge in [0.05, 0.1) is 22.9 Å². The molecule has 2 fully saturated rings. The van der Waals surface area contributed by atoms with E-state index in [9.17, 15) is 18.8 Å². The lowest BCUT2D eigenvalue weighted by Crippen LogP contribution is -2.52. The van der Waals surface area contributed by atoms with Gasteiger partial charge in [0, 0.05) is 22.4 Å². The number of Topliss-reactive ketones (excluding diaryl/α,β-unsaturated/α-hetero) is 1. The van der Waals surface area contributed by atoms with Crippen molar-refractivity contribution in [2.45, 2.75) is 38.4 Å². The summed E-state index contributed by atoms with van der Waals surface area (Å²) in [5.74, 6) is -2.91. The number of hydrogen-bond donors (Lipinski definition) is 0. The number of rotatable bonds is 2. The quantitative estimate of drug-likeness (QED) is 0.502. The van der Waals surface area contributed by atoms with Crippen LogP contribution in [0.15, 0.2) is 48.5 Å². The maximum Gasteiger partial charge on any atom is 0.236 e. The largest absolute Gasteiger partial charge is 0.352 e. The van der Waals surface area contributed by atoms with E-state index in [0.717, 1.165) is 0 Å². The summed E-state index contributed by atoms with van der Waals surface area (Å²) in [5.41, 5.74) is 0.819. The summed E-state index contributed by atoms with van der Waals surface area (Å²) >= 11 is 6.34. The maximum absolute atomic E-state index is 13.9. The predicted molar refractivity (Wildman–Crippen MR) is 120 cm³/mol. The molecule has 0 bridgehead atoms. The van der Waals surface area contributed by atoms with Gasteiger partial charge in [-0.1, -0.05) is 35.9 Å². The molecule has 0 spiro atoms. The number of imide groups is 1. The van der Waals surface area contributed by atoms with E-state index in [1.807, 2.05) is 4.90 Å². The summed E-state index contributed by atoms with van der Waals surface area (Å²) in [5, 5.41) is 0.286. The zero-order valence-electron chi connectivity index (χ0n) is 17.9. The average Bonchev–Trinajstić information content (AvgIpc) is 3.20. The molecule has 0 unspecified atom stereocenters. The molecule has 4 atom stereocenters. The first kappa shape index (κ1) is 20.9. The van der Waals surface area contributed by atoms with E-state index in [1.165, 1.54) is 17.0 Å². The van der Waals surface area contributed by atoms with Crippen molar-refractivity contribution >= 4 is 41.0 Å². The summed E-state index contributed by atoms with van der Waals surface area (Å²) < 4.78 is 13.9. The Morgan fingerprint density at radius 3 is 2.41 bits per heavy atom. The monoisotopic (exact) mass is 452 g/mol. The molecule has 5 rings (SSSR count). The number of hydrogen-bond acceptors (Lipinski definition) is 4. The minimum atomic E-state index is -0.928. The van der Waals surface area contributed by atoms with Crippen molar-refractivity contribution in [3.05, 3.63) is 70.5 Å². The van der Waals surface area contributed by atoms with Crippen LogP contribution >= 0.6 is 11.6 Å². The summed E-state index contributed by atoms with van der Waals surface area (Å²) in [4.78, 5) is 44.0. The van der Waals surface area contributed by atoms with Gasteiger partial charge in [0.2, 0.25) is 11.8 Å². The number of fused-ring (bicyclic) bond motifs is 5. The molecule has 2 saturated heterocycles. The van der Waals surface area contributed by atoms with Crippen LogP contribution in [0.1, 0.15) is 36.7 Å². The van der Waals surface area contributed by atoms with Gasteiger partial charge < -0.3 is 4.90 Å². The normalized spacial score (nSPS) is 26.3. The van der Waals surface area contributed by atoms with Crippen LogP contribution in [0, 0.1) is 17.7 Å². The average molecular weight is 453 g/mol. The Labute approximate surface area is 190 Å². The number of carbonyl (C=O) groups excluding carboxylic acids is 3. The van der Waals surface area contributed by atoms with Gasteiger partial charge in [0.1, 0.15) is 11.9 Å². The van der Waals surface area contributed by atoms with E-state index in [0.29, 0.717) is 16.8 Å². The number of ketones is 1. The molecule has 3 aliphatic rings. The van der Waals surface area contributed by atoms with Gasteiger partial charge in [-0.3, -0.25) is 19.3 Å². The van der Waals surface area contributed by atoms with E-state index in [-0.39, 0.29) is 22.6 Å². The molecule has 2 aromatic carbocycles. The maximum atomic E-state index is 13.9. The second kappa shape index (κ2) is 7.01. The van der Waals surface area contributed by atoms with Crippen LogP contribution in [0.4, 0.5) is 10.1 Å². The van der Waals surface area contributed by atoms with Crippen LogP contribution in [0.5, 0.6) is 0 Å². The van der Waals surface area contributed by atoms with Crippen LogP contribution in [-0.4, -0.2) is 40.1 Å². The molecule has 2 aromatic rings. The highest BCUT2D eigenvalue weighted by atomic mass is 35.5. The van der Waals surface area contributed by atoms with Crippen molar-refractivity contribution < 1.29 is 18.8 Å². The zero-order chi connectivity index (χ0) is 22.9. The Hall–Kier alpha value is -2.99. The van der Waals surface area contributed by atoms with Gasteiger partial charge in [-0.05, 0) is 51.1 Å². The Kier molecular flexibility index (Phi) is 4.57. The van der Waals surface area contributed by atoms with E-state index in [2.05, 4.69) is 0 Å². The lowest BCUT2D eigenvalue weighted by Gasteiger charge is -2.38. The molecule has 5 nitrogen and oxygen atoms in total. The second-order valence-electron chi connectivity index (χ2n) is 9.48. The van der Waals surface area contributed by atoms with Crippen LogP contribution in [-0.2, 0) is 9.59 Å². The van der Waals surface area contributed by atoms with Gasteiger partial charge in [-0.15, -0.1) is 0 Å². The summed E-state index contributed by atoms with van der Waals surface area (Å²) in [6, 6.07) is 9.59. The van der Waals surface area contributed by atoms with Crippen LogP contribution in [0.2, 0.25) is 5.02 Å². The fourth-order valence-electron chi connectivity index (χ4n) is 5.33. The van der Waals surface area contributed by atoms with Gasteiger partial charge in [-0.25, -0.2) is 4.39 Å². The third kappa shape index (κ3) is 2.85. The third-order valence-corrected chi connectivity index (χ3v) is 6.88. The van der Waals surface area contributed by atoms with Crippen molar-refractivity contribution in [2.75, 3.05) is 4.90 Å². The molecule has 0 saturated carbocycles. The molecule has 32 heavy (non-hydrogen) atoms. The number of nitrogens with zero attached hydrogens (tertiary/aromatic N) is 2. The van der Waals surface area contributed by atoms with Crippen molar-refractivity contribution in [3.8, 4) is 0 Å². The number of likely N-dealkylation sites (tertiary alicyclic amines) is 1. The lowest BCUT2D eigenvalue weighted by molar-refractivity contribution is -0.145. The molecular formula is C25H22ClFN2O3. The van der Waals surface area contributed by atoms with E-state index < -0.39 is 35.3 Å². The van der Waals surface area contributed by atoms with Crippen LogP contribution in [0.3, 0.4) is 0 Å². The Morgan fingerprint density at radius 1 is 1.03 bits per heavy atom. The molecule has 0 aliphatic carbocycles.